The van der Waals surface area contributed by atoms with Crippen molar-refractivity contribution in [1.29, 1.82) is 0 Å². The zero-order valence-electron chi connectivity index (χ0n) is 10.0. The number of hydrogen-bond donors (Lipinski definition) is 0. The van der Waals surface area contributed by atoms with Gasteiger partial charge in [0.1, 0.15) is 0 Å². The van der Waals surface area contributed by atoms with Crippen LogP contribution in [0.25, 0.3) is 22.2 Å². The molecule has 0 unspecified atom stereocenters. The average molecular weight is 462 g/mol. The summed E-state index contributed by atoms with van der Waals surface area (Å²) in [7, 11) is 0. The van der Waals surface area contributed by atoms with Gasteiger partial charge in [0.05, 0.1) is 0 Å². The van der Waals surface area contributed by atoms with Gasteiger partial charge in [0.25, 0.3) is 0 Å². The van der Waals surface area contributed by atoms with Crippen molar-refractivity contribution in [3.8, 4) is 11.3 Å². The molecule has 2 heterocycles. The fourth-order valence-corrected chi connectivity index (χ4v) is 3.33. The van der Waals surface area contributed by atoms with E-state index < -0.39 is 10.9 Å². The molecule has 2 aromatic heterocycles. The molecule has 0 aliphatic rings. The van der Waals surface area contributed by atoms with Gasteiger partial charge in [0.2, 0.25) is 0 Å². The number of hydrogen-bond acceptors (Lipinski definition) is 4. The number of pyridine rings is 1. The molecule has 0 bridgehead atoms. The second-order valence-corrected chi connectivity index (χ2v) is 6.02. The van der Waals surface area contributed by atoms with Crippen LogP contribution in [0.2, 0.25) is 0 Å². The molecule has 6 nitrogen and oxygen atoms in total. The molecule has 96 valence electrons. The first-order valence-corrected chi connectivity index (χ1v) is 7.61. The number of rotatable bonds is 2. The Bertz CT molecular complexity index is 833. The fraction of sp³-hybridized carbons (Fsp3) is 0. The predicted octanol–water partition coefficient (Wildman–Crippen LogP) is 2.08. The number of aromatic nitrogens is 3. The quantitative estimate of drug-likeness (QED) is 0.254. The second-order valence-electron chi connectivity index (χ2n) is 4.12. The summed E-state index contributed by atoms with van der Waals surface area (Å²) in [6.45, 7) is 0. The third kappa shape index (κ3) is 2.17. The Balaban J connectivity index is 2.30. The van der Waals surface area contributed by atoms with Gasteiger partial charge in [-0.05, 0) is 0 Å². The van der Waals surface area contributed by atoms with E-state index in [1.54, 1.807) is 14.6 Å². The first kappa shape index (κ1) is 13.1. The number of fused-ring (bicyclic) bond motifs is 1. The van der Waals surface area contributed by atoms with E-state index in [9.17, 15) is 14.5 Å². The SMILES string of the molecule is O=[N+]([O-])c1ccc2c(c1)c(-c1ccnc(F)c1)n[n]2[Tl]. The number of nitro benzene ring substituents is 1. The summed E-state index contributed by atoms with van der Waals surface area (Å²) in [4.78, 5) is 13.9. The maximum absolute atomic E-state index is 13.2. The summed E-state index contributed by atoms with van der Waals surface area (Å²) in [6.07, 6.45) is 1.35. The molecule has 20 heavy (non-hydrogen) atoms. The third-order valence-electron chi connectivity index (χ3n) is 2.90. The van der Waals surface area contributed by atoms with Gasteiger partial charge in [-0.3, -0.25) is 0 Å². The van der Waals surface area contributed by atoms with E-state index in [1.807, 2.05) is 0 Å². The van der Waals surface area contributed by atoms with Crippen LogP contribution in [0, 0.1) is 16.1 Å². The molecule has 0 fully saturated rings. The Kier molecular flexibility index (Phi) is 3.20. The number of benzene rings is 1. The van der Waals surface area contributed by atoms with E-state index in [2.05, 4.69) is 10.1 Å². The summed E-state index contributed by atoms with van der Waals surface area (Å²) >= 11 is 0.407. The molecule has 0 saturated heterocycles. The van der Waals surface area contributed by atoms with Crippen molar-refractivity contribution in [1.82, 2.24) is 12.6 Å². The van der Waals surface area contributed by atoms with E-state index in [-0.39, 0.29) is 5.69 Å². The van der Waals surface area contributed by atoms with Crippen LogP contribution >= 0.6 is 0 Å². The van der Waals surface area contributed by atoms with Gasteiger partial charge >= 0.3 is 128 Å². The van der Waals surface area contributed by atoms with E-state index in [0.29, 0.717) is 42.7 Å². The Morgan fingerprint density at radius 3 is 2.80 bits per heavy atom. The number of nitro groups is 1. The van der Waals surface area contributed by atoms with Gasteiger partial charge in [-0.2, -0.15) is 0 Å². The second kappa shape index (κ2) is 4.89. The van der Waals surface area contributed by atoms with Gasteiger partial charge in [-0.25, -0.2) is 0 Å². The first-order chi connectivity index (χ1) is 9.56. The van der Waals surface area contributed by atoms with Crippen molar-refractivity contribution in [2.45, 2.75) is 0 Å². The van der Waals surface area contributed by atoms with Gasteiger partial charge < -0.3 is 0 Å². The van der Waals surface area contributed by atoms with Crippen molar-refractivity contribution >= 4 is 42.7 Å². The van der Waals surface area contributed by atoms with Gasteiger partial charge in [0, 0.05) is 0 Å². The molecule has 1 aromatic carbocycles. The molecule has 3 aromatic rings. The predicted molar refractivity (Wildman–Crippen MR) is 70.7 cm³/mol. The number of halogens is 1. The standard InChI is InChI=1S/C12H6FN4O2.Tl/c13-11-5-7(3-4-14-11)12-9-6-8(17(18)19)1-2-10(9)15-16-12;/h1-6H;/q-1;+1. The van der Waals surface area contributed by atoms with E-state index in [4.69, 9.17) is 0 Å². The molecule has 0 atom stereocenters. The molecule has 8 heteroatoms. The van der Waals surface area contributed by atoms with Crippen molar-refractivity contribution < 1.29 is 9.31 Å². The summed E-state index contributed by atoms with van der Waals surface area (Å²) < 4.78 is 15.0. The first-order valence-electron chi connectivity index (χ1n) is 5.60. The minimum atomic E-state index is -0.605. The van der Waals surface area contributed by atoms with Gasteiger partial charge in [0.15, 0.2) is 0 Å². The normalized spacial score (nSPS) is 10.8. The van der Waals surface area contributed by atoms with Crippen molar-refractivity contribution in [2.24, 2.45) is 0 Å². The summed E-state index contributed by atoms with van der Waals surface area (Å²) in [5.41, 5.74) is 1.90. The summed E-state index contributed by atoms with van der Waals surface area (Å²) in [5.74, 6) is -0.605. The third-order valence-corrected chi connectivity index (χ3v) is 4.43. The molecule has 0 radical (unpaired) electrons. The van der Waals surface area contributed by atoms with Crippen LogP contribution in [0.5, 0.6) is 0 Å². The van der Waals surface area contributed by atoms with Crippen molar-refractivity contribution in [3.63, 3.8) is 0 Å². The molecule has 0 saturated carbocycles. The van der Waals surface area contributed by atoms with E-state index in [1.165, 1.54) is 24.4 Å². The molecule has 0 amide bonds. The average Bonchev–Trinajstić information content (AvgIpc) is 2.76. The van der Waals surface area contributed by atoms with Gasteiger partial charge in [-0.1, -0.05) is 0 Å². The topological polar surface area (TPSA) is 73.8 Å². The summed E-state index contributed by atoms with van der Waals surface area (Å²) in [5, 5.41) is 15.9. The van der Waals surface area contributed by atoms with Crippen LogP contribution in [0.3, 0.4) is 0 Å². The molecule has 3 rings (SSSR count). The van der Waals surface area contributed by atoms with Crippen LogP contribution in [0.1, 0.15) is 0 Å². The van der Waals surface area contributed by atoms with Crippen molar-refractivity contribution in [2.75, 3.05) is 0 Å². The summed E-state index contributed by atoms with van der Waals surface area (Å²) in [6, 6.07) is 7.48. The molecular formula is C12H6FN4O2Tl. The van der Waals surface area contributed by atoms with E-state index in [0.717, 1.165) is 5.52 Å². The zero-order chi connectivity index (χ0) is 14.3. The van der Waals surface area contributed by atoms with Crippen molar-refractivity contribution in [3.05, 3.63) is 52.6 Å². The monoisotopic (exact) mass is 462 g/mol. The zero-order valence-corrected chi connectivity index (χ0v) is 14.5. The van der Waals surface area contributed by atoms with Crippen LogP contribution in [0.4, 0.5) is 10.1 Å². The van der Waals surface area contributed by atoms with Crippen LogP contribution in [-0.4, -0.2) is 43.6 Å². The van der Waals surface area contributed by atoms with Crippen LogP contribution in [-0.2, 0) is 0 Å². The Morgan fingerprint density at radius 1 is 1.30 bits per heavy atom. The fourth-order valence-electron chi connectivity index (χ4n) is 2.01. The number of non-ortho nitro benzene ring substituents is 1. The van der Waals surface area contributed by atoms with Crippen LogP contribution < -0.4 is 0 Å². The minimum absolute atomic E-state index is 0.00808. The Morgan fingerprint density at radius 2 is 2.10 bits per heavy atom. The maximum atomic E-state index is 13.2. The Labute approximate surface area is 128 Å². The molecular weight excluding hydrogens is 456 g/mol. The molecule has 0 aliphatic heterocycles. The van der Waals surface area contributed by atoms with Crippen LogP contribution in [0.15, 0.2) is 36.5 Å². The Hall–Kier alpha value is -1.91. The molecule has 0 spiro atoms. The number of nitrogens with zero attached hydrogens (tertiary/aromatic N) is 4. The molecule has 0 N–H and O–H groups in total. The van der Waals surface area contributed by atoms with E-state index >= 15 is 0 Å². The van der Waals surface area contributed by atoms with Gasteiger partial charge in [-0.15, -0.1) is 0 Å². The molecule has 0 aliphatic carbocycles.